The topological polar surface area (TPSA) is 92.8 Å². The Bertz CT molecular complexity index is 778. The Balaban J connectivity index is 1.83. The molecule has 1 aromatic carbocycles. The number of halogens is 1. The average Bonchev–Trinajstić information content (AvgIpc) is 2.96. The van der Waals surface area contributed by atoms with Gasteiger partial charge in [-0.1, -0.05) is 35.3 Å². The van der Waals surface area contributed by atoms with E-state index in [-0.39, 0.29) is 18.8 Å². The molecule has 2 aliphatic rings. The Morgan fingerprint density at radius 2 is 2.12 bits per heavy atom. The number of unbranched alkanes of at least 4 members (excludes halogenated alkanes) is 1. The highest BCUT2D eigenvalue weighted by Gasteiger charge is 2.58. The molecule has 0 aromatic heterocycles. The number of Topliss-reactive ketones (excluding diaryl/α,β-unsaturated/α-hetero) is 1. The molecular weight excluding hydrogens is 392 g/mol. The van der Waals surface area contributed by atoms with E-state index in [0.717, 1.165) is 11.3 Å². The van der Waals surface area contributed by atoms with Crippen molar-refractivity contribution < 1.29 is 23.9 Å². The summed E-state index contributed by atoms with van der Waals surface area (Å²) in [5, 5.41) is 2.60. The molecular formula is C17H17BrN2O5. The van der Waals surface area contributed by atoms with Gasteiger partial charge < -0.3 is 10.1 Å². The molecule has 1 saturated heterocycles. The molecule has 25 heavy (non-hydrogen) atoms. The summed E-state index contributed by atoms with van der Waals surface area (Å²) in [6, 6.07) is 4.29. The summed E-state index contributed by atoms with van der Waals surface area (Å²) in [6.07, 6.45) is 1.44. The van der Waals surface area contributed by atoms with E-state index < -0.39 is 30.0 Å². The van der Waals surface area contributed by atoms with Crippen molar-refractivity contribution in [2.45, 2.75) is 31.7 Å². The number of rotatable bonds is 5. The zero-order chi connectivity index (χ0) is 18.2. The highest BCUT2D eigenvalue weighted by molar-refractivity contribution is 9.10. The molecule has 1 atom stereocenters. The number of esters is 1. The minimum atomic E-state index is -1.42. The van der Waals surface area contributed by atoms with Gasteiger partial charge in [0.05, 0.1) is 6.61 Å². The van der Waals surface area contributed by atoms with E-state index in [0.29, 0.717) is 22.0 Å². The Morgan fingerprint density at radius 1 is 1.36 bits per heavy atom. The van der Waals surface area contributed by atoms with Crippen LogP contribution >= 0.6 is 15.9 Å². The van der Waals surface area contributed by atoms with Crippen LogP contribution in [0, 0.1) is 0 Å². The van der Waals surface area contributed by atoms with Crippen LogP contribution in [0.4, 0.5) is 4.79 Å². The molecule has 1 aliphatic heterocycles. The molecule has 1 heterocycles. The van der Waals surface area contributed by atoms with Crippen LogP contribution in [-0.4, -0.2) is 41.7 Å². The number of nitrogens with one attached hydrogen (secondary N) is 1. The summed E-state index contributed by atoms with van der Waals surface area (Å²) in [5.41, 5.74) is -0.565. The number of carbonyl (C=O) groups is 4. The summed E-state index contributed by atoms with van der Waals surface area (Å²) in [7, 11) is 0. The number of ketones is 1. The first kappa shape index (κ1) is 17.6. The summed E-state index contributed by atoms with van der Waals surface area (Å²) in [6.45, 7) is 1.75. The SMILES string of the molecule is CCCCOC(=O)CN1C(=O)NC2(CC(=O)c3cc(Br)ccc32)C1=O. The van der Waals surface area contributed by atoms with Crippen LogP contribution in [0.3, 0.4) is 0 Å². The molecule has 8 heteroatoms. The number of fused-ring (bicyclic) bond motifs is 2. The molecule has 1 fully saturated rings. The number of amides is 3. The normalized spacial score (nSPS) is 21.7. The molecule has 0 radical (unpaired) electrons. The molecule has 1 aliphatic carbocycles. The first-order chi connectivity index (χ1) is 11.9. The van der Waals surface area contributed by atoms with Crippen molar-refractivity contribution in [1.82, 2.24) is 10.2 Å². The van der Waals surface area contributed by atoms with Crippen LogP contribution in [0.15, 0.2) is 22.7 Å². The van der Waals surface area contributed by atoms with E-state index in [1.54, 1.807) is 18.2 Å². The minimum Gasteiger partial charge on any atom is -0.464 e. The van der Waals surface area contributed by atoms with E-state index in [1.807, 2.05) is 6.92 Å². The molecule has 1 N–H and O–H groups in total. The second-order valence-corrected chi connectivity index (χ2v) is 7.01. The summed E-state index contributed by atoms with van der Waals surface area (Å²) in [4.78, 5) is 50.1. The first-order valence-corrected chi connectivity index (χ1v) is 8.81. The number of urea groups is 1. The largest absolute Gasteiger partial charge is 0.464 e. The molecule has 1 spiro atoms. The van der Waals surface area contributed by atoms with E-state index in [4.69, 9.17) is 4.74 Å². The summed E-state index contributed by atoms with van der Waals surface area (Å²) in [5.74, 6) is -1.47. The standard InChI is InChI=1S/C17H17BrN2O5/c1-2-3-6-25-14(22)9-20-15(23)17(19-16(20)24)8-13(21)11-7-10(18)4-5-12(11)17/h4-5,7H,2-3,6,8-9H2,1H3,(H,19,24). The Morgan fingerprint density at radius 3 is 2.84 bits per heavy atom. The summed E-state index contributed by atoms with van der Waals surface area (Å²) >= 11 is 3.29. The Labute approximate surface area is 152 Å². The van der Waals surface area contributed by atoms with Gasteiger partial charge in [0.15, 0.2) is 11.3 Å². The van der Waals surface area contributed by atoms with E-state index in [2.05, 4.69) is 21.2 Å². The van der Waals surface area contributed by atoms with Crippen LogP contribution in [0.1, 0.15) is 42.1 Å². The molecule has 1 unspecified atom stereocenters. The van der Waals surface area contributed by atoms with Crippen molar-refractivity contribution >= 4 is 39.6 Å². The van der Waals surface area contributed by atoms with Crippen LogP contribution in [0.2, 0.25) is 0 Å². The van der Waals surface area contributed by atoms with Crippen LogP contribution in [0.5, 0.6) is 0 Å². The molecule has 132 valence electrons. The number of hydrogen-bond donors (Lipinski definition) is 1. The quantitative estimate of drug-likeness (QED) is 0.457. The fraction of sp³-hybridized carbons (Fsp3) is 0.412. The maximum atomic E-state index is 12.9. The fourth-order valence-corrected chi connectivity index (χ4v) is 3.49. The number of imide groups is 1. The first-order valence-electron chi connectivity index (χ1n) is 8.02. The Hall–Kier alpha value is -2.22. The van der Waals surface area contributed by atoms with Gasteiger partial charge in [-0.05, 0) is 24.1 Å². The van der Waals surface area contributed by atoms with Gasteiger partial charge in [-0.3, -0.25) is 19.3 Å². The van der Waals surface area contributed by atoms with Crippen LogP contribution in [0.25, 0.3) is 0 Å². The predicted molar refractivity (Wildman–Crippen MR) is 90.9 cm³/mol. The van der Waals surface area contributed by atoms with Gasteiger partial charge in [0, 0.05) is 16.5 Å². The second-order valence-electron chi connectivity index (χ2n) is 6.09. The van der Waals surface area contributed by atoms with Gasteiger partial charge in [0.2, 0.25) is 0 Å². The molecule has 3 amide bonds. The third kappa shape index (κ3) is 2.95. The minimum absolute atomic E-state index is 0.148. The van der Waals surface area contributed by atoms with Crippen molar-refractivity contribution in [2.24, 2.45) is 0 Å². The predicted octanol–water partition coefficient (Wildman–Crippen LogP) is 2.13. The lowest BCUT2D eigenvalue weighted by Gasteiger charge is -2.21. The average molecular weight is 409 g/mol. The van der Waals surface area contributed by atoms with E-state index in [1.165, 1.54) is 0 Å². The van der Waals surface area contributed by atoms with Gasteiger partial charge in [0.25, 0.3) is 5.91 Å². The zero-order valence-corrected chi connectivity index (χ0v) is 15.2. The number of hydrogen-bond acceptors (Lipinski definition) is 5. The number of ether oxygens (including phenoxy) is 1. The van der Waals surface area contributed by atoms with Crippen molar-refractivity contribution in [3.63, 3.8) is 0 Å². The maximum Gasteiger partial charge on any atom is 0.326 e. The third-order valence-electron chi connectivity index (χ3n) is 4.39. The smallest absolute Gasteiger partial charge is 0.326 e. The fourth-order valence-electron chi connectivity index (χ4n) is 3.13. The number of nitrogens with zero attached hydrogens (tertiary/aromatic N) is 1. The monoisotopic (exact) mass is 408 g/mol. The number of carbonyl (C=O) groups excluding carboxylic acids is 4. The van der Waals surface area contributed by atoms with Gasteiger partial charge in [-0.25, -0.2) is 4.79 Å². The zero-order valence-electron chi connectivity index (χ0n) is 13.6. The van der Waals surface area contributed by atoms with Gasteiger partial charge in [-0.2, -0.15) is 0 Å². The summed E-state index contributed by atoms with van der Waals surface area (Å²) < 4.78 is 5.73. The van der Waals surface area contributed by atoms with Crippen molar-refractivity contribution in [3.8, 4) is 0 Å². The highest BCUT2D eigenvalue weighted by Crippen LogP contribution is 2.42. The maximum absolute atomic E-state index is 12.9. The van der Waals surface area contributed by atoms with Crippen molar-refractivity contribution in [3.05, 3.63) is 33.8 Å². The Kier molecular flexibility index (Phi) is 4.64. The van der Waals surface area contributed by atoms with Crippen molar-refractivity contribution in [2.75, 3.05) is 13.2 Å². The molecule has 7 nitrogen and oxygen atoms in total. The van der Waals surface area contributed by atoms with Crippen molar-refractivity contribution in [1.29, 1.82) is 0 Å². The second kappa shape index (κ2) is 6.59. The van der Waals surface area contributed by atoms with Gasteiger partial charge in [-0.15, -0.1) is 0 Å². The number of benzene rings is 1. The lowest BCUT2D eigenvalue weighted by molar-refractivity contribution is -0.147. The molecule has 1 aromatic rings. The lowest BCUT2D eigenvalue weighted by Crippen LogP contribution is -2.43. The molecule has 0 bridgehead atoms. The third-order valence-corrected chi connectivity index (χ3v) is 4.88. The highest BCUT2D eigenvalue weighted by atomic mass is 79.9. The lowest BCUT2D eigenvalue weighted by atomic mass is 9.92. The van der Waals surface area contributed by atoms with E-state index >= 15 is 0 Å². The molecule has 3 rings (SSSR count). The van der Waals surface area contributed by atoms with Gasteiger partial charge in [0.1, 0.15) is 6.54 Å². The van der Waals surface area contributed by atoms with Crippen LogP contribution < -0.4 is 5.32 Å². The van der Waals surface area contributed by atoms with E-state index in [9.17, 15) is 19.2 Å². The van der Waals surface area contributed by atoms with Gasteiger partial charge >= 0.3 is 12.0 Å². The van der Waals surface area contributed by atoms with Crippen LogP contribution in [-0.2, 0) is 19.9 Å². The molecule has 0 saturated carbocycles.